The van der Waals surface area contributed by atoms with Crippen molar-refractivity contribution < 1.29 is 9.53 Å². The summed E-state index contributed by atoms with van der Waals surface area (Å²) in [6.07, 6.45) is 3.26. The minimum atomic E-state index is 0. The van der Waals surface area contributed by atoms with Crippen molar-refractivity contribution >= 4 is 35.8 Å². The summed E-state index contributed by atoms with van der Waals surface area (Å²) < 4.78 is 5.74. The lowest BCUT2D eigenvalue weighted by Gasteiger charge is -2.20. The van der Waals surface area contributed by atoms with Crippen LogP contribution in [0, 0.1) is 11.8 Å². The third kappa shape index (κ3) is 10.3. The Kier molecular flexibility index (Phi) is 13.4. The second-order valence-corrected chi connectivity index (χ2v) is 6.28. The molecule has 0 aromatic carbocycles. The molecule has 1 fully saturated rings. The summed E-state index contributed by atoms with van der Waals surface area (Å²) in [6, 6.07) is 0. The third-order valence-corrected chi connectivity index (χ3v) is 3.82. The van der Waals surface area contributed by atoms with Crippen LogP contribution in [0.5, 0.6) is 0 Å². The average Bonchev–Trinajstić information content (AvgIpc) is 3.34. The number of aliphatic imine (C=N–C) groups is 1. The van der Waals surface area contributed by atoms with Crippen LogP contribution >= 0.6 is 24.0 Å². The maximum Gasteiger partial charge on any atom is 0.223 e. The van der Waals surface area contributed by atoms with E-state index in [0.29, 0.717) is 19.0 Å². The largest absolute Gasteiger partial charge is 0.378 e. The molecule has 0 bridgehead atoms. The number of nitrogens with one attached hydrogen (secondary N) is 3. The Hall–Kier alpha value is -0.570. The van der Waals surface area contributed by atoms with Gasteiger partial charge in [-0.1, -0.05) is 13.8 Å². The van der Waals surface area contributed by atoms with Gasteiger partial charge in [-0.2, -0.15) is 0 Å². The highest BCUT2D eigenvalue weighted by Crippen LogP contribution is 2.28. The van der Waals surface area contributed by atoms with Crippen LogP contribution in [0.25, 0.3) is 0 Å². The van der Waals surface area contributed by atoms with Gasteiger partial charge in [0.05, 0.1) is 6.10 Å². The fourth-order valence-electron chi connectivity index (χ4n) is 2.32. The van der Waals surface area contributed by atoms with E-state index in [-0.39, 0.29) is 41.9 Å². The molecule has 1 aliphatic carbocycles. The lowest BCUT2D eigenvalue weighted by molar-refractivity contribution is -0.122. The number of amides is 1. The predicted octanol–water partition coefficient (Wildman–Crippen LogP) is 2.14. The second kappa shape index (κ2) is 13.7. The molecule has 0 heterocycles. The Bertz CT molecular complexity index is 374. The van der Waals surface area contributed by atoms with Crippen molar-refractivity contribution in [1.82, 2.24) is 16.0 Å². The van der Waals surface area contributed by atoms with Gasteiger partial charge in [0.25, 0.3) is 0 Å². The Morgan fingerprint density at radius 3 is 2.38 bits per heavy atom. The van der Waals surface area contributed by atoms with Gasteiger partial charge in [-0.3, -0.25) is 9.79 Å². The van der Waals surface area contributed by atoms with Gasteiger partial charge >= 0.3 is 0 Å². The third-order valence-electron chi connectivity index (χ3n) is 3.82. The molecule has 0 aromatic rings. The molecule has 24 heavy (non-hydrogen) atoms. The van der Waals surface area contributed by atoms with E-state index in [1.807, 2.05) is 13.8 Å². The van der Waals surface area contributed by atoms with E-state index in [0.717, 1.165) is 44.9 Å². The summed E-state index contributed by atoms with van der Waals surface area (Å²) >= 11 is 0. The van der Waals surface area contributed by atoms with Gasteiger partial charge in [0.2, 0.25) is 5.91 Å². The molecule has 0 radical (unpaired) electrons. The molecule has 0 spiro atoms. The van der Waals surface area contributed by atoms with Crippen LogP contribution in [-0.2, 0) is 9.53 Å². The molecule has 7 heteroatoms. The SMILES string of the molecule is CCNC(=NCCC(OCC)C(C)C)NCCNC(=O)C1CC1.I. The number of rotatable bonds is 11. The van der Waals surface area contributed by atoms with Crippen LogP contribution in [0.3, 0.4) is 0 Å². The Balaban J connectivity index is 0.00000529. The maximum atomic E-state index is 11.5. The van der Waals surface area contributed by atoms with Gasteiger partial charge in [-0.05, 0) is 39.0 Å². The summed E-state index contributed by atoms with van der Waals surface area (Å²) in [6.45, 7) is 12.0. The molecule has 1 amide bonds. The van der Waals surface area contributed by atoms with Crippen molar-refractivity contribution in [3.63, 3.8) is 0 Å². The average molecular weight is 454 g/mol. The lowest BCUT2D eigenvalue weighted by Crippen LogP contribution is -2.42. The van der Waals surface area contributed by atoms with Gasteiger partial charge in [-0.25, -0.2) is 0 Å². The van der Waals surface area contributed by atoms with E-state index in [1.54, 1.807) is 0 Å². The first kappa shape index (κ1) is 23.4. The molecule has 0 aromatic heterocycles. The molecule has 1 saturated carbocycles. The number of halogens is 1. The quantitative estimate of drug-likeness (QED) is 0.194. The summed E-state index contributed by atoms with van der Waals surface area (Å²) in [5.74, 6) is 1.75. The smallest absolute Gasteiger partial charge is 0.223 e. The predicted molar refractivity (Wildman–Crippen MR) is 110 cm³/mol. The normalized spacial score (nSPS) is 15.6. The highest BCUT2D eigenvalue weighted by Gasteiger charge is 2.28. The van der Waals surface area contributed by atoms with E-state index >= 15 is 0 Å². The van der Waals surface area contributed by atoms with Crippen molar-refractivity contribution in [2.24, 2.45) is 16.8 Å². The lowest BCUT2D eigenvalue weighted by atomic mass is 10.0. The molecule has 0 aliphatic heterocycles. The van der Waals surface area contributed by atoms with E-state index < -0.39 is 0 Å². The standard InChI is InChI=1S/C17H34N4O2.HI/c1-5-18-17(20-10-9-15(13(3)4)23-6-2)21-12-11-19-16(22)14-7-8-14;/h13-15H,5-12H2,1-4H3,(H,19,22)(H2,18,20,21);1H. The van der Waals surface area contributed by atoms with Crippen molar-refractivity contribution in [2.75, 3.05) is 32.8 Å². The first-order valence-corrected chi connectivity index (χ1v) is 8.99. The Morgan fingerprint density at radius 2 is 1.83 bits per heavy atom. The van der Waals surface area contributed by atoms with Gasteiger partial charge in [-0.15, -0.1) is 24.0 Å². The van der Waals surface area contributed by atoms with Crippen LogP contribution in [0.4, 0.5) is 0 Å². The highest BCUT2D eigenvalue weighted by molar-refractivity contribution is 14.0. The van der Waals surface area contributed by atoms with E-state index in [9.17, 15) is 4.79 Å². The van der Waals surface area contributed by atoms with Gasteiger partial charge < -0.3 is 20.7 Å². The van der Waals surface area contributed by atoms with Crippen LogP contribution in [-0.4, -0.2) is 50.8 Å². The van der Waals surface area contributed by atoms with E-state index in [1.165, 1.54) is 0 Å². The van der Waals surface area contributed by atoms with Crippen molar-refractivity contribution in [3.05, 3.63) is 0 Å². The first-order chi connectivity index (χ1) is 11.1. The Labute approximate surface area is 164 Å². The molecular formula is C17H35IN4O2. The molecule has 1 aliphatic rings. The number of hydrogen-bond donors (Lipinski definition) is 3. The maximum absolute atomic E-state index is 11.5. The minimum absolute atomic E-state index is 0. The first-order valence-electron chi connectivity index (χ1n) is 8.99. The molecule has 1 atom stereocenters. The Morgan fingerprint density at radius 1 is 1.17 bits per heavy atom. The monoisotopic (exact) mass is 454 g/mol. The molecule has 1 rings (SSSR count). The van der Waals surface area contributed by atoms with E-state index in [2.05, 4.69) is 34.8 Å². The van der Waals surface area contributed by atoms with Crippen molar-refractivity contribution in [1.29, 1.82) is 0 Å². The second-order valence-electron chi connectivity index (χ2n) is 6.28. The van der Waals surface area contributed by atoms with Crippen LogP contribution in [0.1, 0.15) is 47.0 Å². The summed E-state index contributed by atoms with van der Waals surface area (Å²) in [5.41, 5.74) is 0. The number of carbonyl (C=O) groups is 1. The van der Waals surface area contributed by atoms with E-state index in [4.69, 9.17) is 4.74 Å². The zero-order valence-electron chi connectivity index (χ0n) is 15.6. The van der Waals surface area contributed by atoms with Crippen molar-refractivity contribution in [2.45, 2.75) is 53.1 Å². The van der Waals surface area contributed by atoms with Gasteiger partial charge in [0.1, 0.15) is 0 Å². The minimum Gasteiger partial charge on any atom is -0.378 e. The van der Waals surface area contributed by atoms with Crippen LogP contribution < -0.4 is 16.0 Å². The van der Waals surface area contributed by atoms with Crippen LogP contribution in [0.2, 0.25) is 0 Å². The molecule has 1 unspecified atom stereocenters. The molecule has 0 saturated heterocycles. The number of ether oxygens (including phenoxy) is 1. The zero-order valence-corrected chi connectivity index (χ0v) is 17.9. The summed E-state index contributed by atoms with van der Waals surface area (Å²) in [4.78, 5) is 16.1. The molecular weight excluding hydrogens is 419 g/mol. The number of nitrogens with zero attached hydrogens (tertiary/aromatic N) is 1. The fraction of sp³-hybridized carbons (Fsp3) is 0.882. The van der Waals surface area contributed by atoms with Gasteiger partial charge in [0, 0.05) is 38.7 Å². The highest BCUT2D eigenvalue weighted by atomic mass is 127. The molecule has 6 nitrogen and oxygen atoms in total. The summed E-state index contributed by atoms with van der Waals surface area (Å²) in [5, 5.41) is 9.42. The number of carbonyl (C=O) groups excluding carboxylic acids is 1. The fourth-order valence-corrected chi connectivity index (χ4v) is 2.32. The molecule has 142 valence electrons. The topological polar surface area (TPSA) is 74.8 Å². The zero-order chi connectivity index (χ0) is 17.1. The van der Waals surface area contributed by atoms with Crippen LogP contribution in [0.15, 0.2) is 4.99 Å². The number of guanidine groups is 1. The molecule has 3 N–H and O–H groups in total. The van der Waals surface area contributed by atoms with Gasteiger partial charge in [0.15, 0.2) is 5.96 Å². The van der Waals surface area contributed by atoms with Crippen molar-refractivity contribution in [3.8, 4) is 0 Å². The summed E-state index contributed by atoms with van der Waals surface area (Å²) in [7, 11) is 0. The number of hydrogen-bond acceptors (Lipinski definition) is 3.